The van der Waals surface area contributed by atoms with Gasteiger partial charge in [-0.25, -0.2) is 29.9 Å². The van der Waals surface area contributed by atoms with Gasteiger partial charge in [0.25, 0.3) is 0 Å². The minimum atomic E-state index is 0.353. The summed E-state index contributed by atoms with van der Waals surface area (Å²) < 4.78 is 52.1. The standard InChI is InChI=1S/C72H98N8O8/c1-9-17-33-81-41-49-25-26-50(42-82-34-18-10-2)58-57(49)65-73-66(58)78-68-61-53(45-85-37-21-13-5)29-30-54(46-86-38-22-14-6)62(61)70(75-68)80-72-64-56(48-88-40-24-16-8)32-31-55(47-87-39-23-15-7)63(64)71(76-72)79-69-60-52(44-84-36-20-12-4)28-27-51(43-83-35-19-11-3)59(60)67(74-69)77-65/h25-32H,9-24,33-48H2,1-8H3,(H2,73,74,75,76,77,78,79,80). The zero-order valence-corrected chi connectivity index (χ0v) is 54.2. The molecule has 4 aromatic carbocycles. The second kappa shape index (κ2) is 34.8. The molecule has 2 aliphatic heterocycles. The number of nitrogens with one attached hydrogen (secondary N) is 2. The summed E-state index contributed by atoms with van der Waals surface area (Å²) in [5.74, 6) is 1.98. The van der Waals surface area contributed by atoms with Crippen molar-refractivity contribution < 1.29 is 37.9 Å². The van der Waals surface area contributed by atoms with Gasteiger partial charge in [-0.05, 0) is 95.9 Å². The van der Waals surface area contributed by atoms with E-state index in [-0.39, 0.29) is 0 Å². The third-order valence-electron chi connectivity index (χ3n) is 16.3. The highest BCUT2D eigenvalue weighted by Gasteiger charge is 2.30. The van der Waals surface area contributed by atoms with Crippen LogP contribution in [0.2, 0.25) is 0 Å². The molecular formula is C72H98N8O8. The fourth-order valence-electron chi connectivity index (χ4n) is 11.2. The summed E-state index contributed by atoms with van der Waals surface area (Å²) in [6.45, 7) is 25.3. The zero-order chi connectivity index (χ0) is 61.5. The Morgan fingerprint density at radius 3 is 0.591 bits per heavy atom. The van der Waals surface area contributed by atoms with Crippen molar-refractivity contribution in [3.05, 3.63) is 93.0 Å². The lowest BCUT2D eigenvalue weighted by Gasteiger charge is -2.14. The van der Waals surface area contributed by atoms with Crippen LogP contribution in [0, 0.1) is 0 Å². The first-order valence-corrected chi connectivity index (χ1v) is 33.4. The van der Waals surface area contributed by atoms with E-state index in [1.54, 1.807) is 0 Å². The number of aromatic amines is 2. The molecule has 0 unspecified atom stereocenters. The minimum Gasteiger partial charge on any atom is -0.377 e. The maximum Gasteiger partial charge on any atom is 0.165 e. The Hall–Kier alpha value is -6.08. The molecule has 16 nitrogen and oxygen atoms in total. The van der Waals surface area contributed by atoms with Gasteiger partial charge in [0.1, 0.15) is 22.6 Å². The lowest BCUT2D eigenvalue weighted by atomic mass is 9.96. The zero-order valence-electron chi connectivity index (χ0n) is 54.2. The third kappa shape index (κ3) is 16.5. The molecule has 474 valence electrons. The van der Waals surface area contributed by atoms with E-state index in [0.29, 0.717) is 152 Å². The van der Waals surface area contributed by atoms with Crippen molar-refractivity contribution in [2.45, 2.75) is 211 Å². The normalized spacial score (nSPS) is 12.1. The number of hydrogen-bond donors (Lipinski definition) is 2. The number of unbranched alkanes of at least 4 members (excludes halogenated alkanes) is 8. The molecule has 16 heteroatoms. The molecule has 0 spiro atoms. The topological polar surface area (TPSA) is 183 Å². The van der Waals surface area contributed by atoms with Crippen LogP contribution in [0.25, 0.3) is 89.7 Å². The summed E-state index contributed by atoms with van der Waals surface area (Å²) in [6.07, 6.45) is 15.7. The molecule has 2 N–H and O–H groups in total. The molecule has 0 aliphatic carbocycles. The average molecular weight is 1200 g/mol. The van der Waals surface area contributed by atoms with Crippen LogP contribution in [0.4, 0.5) is 0 Å². The fraction of sp³-hybridized carbons (Fsp3) is 0.556. The molecule has 8 bridgehead atoms. The number of H-pyrrole nitrogens is 2. The fourth-order valence-corrected chi connectivity index (χ4v) is 11.2. The predicted octanol–water partition coefficient (Wildman–Crippen LogP) is 17.4. The van der Waals surface area contributed by atoms with Gasteiger partial charge in [0.05, 0.1) is 52.9 Å². The monoisotopic (exact) mass is 1200 g/mol. The summed E-state index contributed by atoms with van der Waals surface area (Å²) in [7, 11) is 0. The molecule has 0 amide bonds. The van der Waals surface area contributed by atoms with Crippen molar-refractivity contribution in [2.24, 2.45) is 0 Å². The molecular weight excluding hydrogens is 1100 g/mol. The Morgan fingerprint density at radius 1 is 0.239 bits per heavy atom. The van der Waals surface area contributed by atoms with Gasteiger partial charge in [-0.3, -0.25) is 0 Å². The molecule has 88 heavy (non-hydrogen) atoms. The summed E-state index contributed by atoms with van der Waals surface area (Å²) in [5.41, 5.74) is 13.4. The number of aromatic nitrogens is 8. The van der Waals surface area contributed by atoms with Crippen molar-refractivity contribution in [3.8, 4) is 45.6 Å². The first-order valence-electron chi connectivity index (χ1n) is 33.4. The molecule has 0 saturated heterocycles. The van der Waals surface area contributed by atoms with E-state index in [4.69, 9.17) is 67.8 Å². The van der Waals surface area contributed by atoms with Gasteiger partial charge in [-0.2, -0.15) is 0 Å². The first kappa shape index (κ1) is 66.3. The number of hydrogen-bond acceptors (Lipinski definition) is 14. The molecule has 5 heterocycles. The van der Waals surface area contributed by atoms with Crippen molar-refractivity contribution in [1.29, 1.82) is 0 Å². The Labute approximate surface area is 522 Å². The van der Waals surface area contributed by atoms with E-state index in [1.807, 2.05) is 0 Å². The second-order valence-corrected chi connectivity index (χ2v) is 23.4. The largest absolute Gasteiger partial charge is 0.377 e. The van der Waals surface area contributed by atoms with Gasteiger partial charge >= 0.3 is 0 Å². The van der Waals surface area contributed by atoms with Crippen LogP contribution in [0.1, 0.15) is 203 Å². The highest BCUT2D eigenvalue weighted by Crippen LogP contribution is 2.44. The number of nitrogens with zero attached hydrogens (tertiary/aromatic N) is 6. The summed E-state index contributed by atoms with van der Waals surface area (Å²) in [6, 6.07) is 17.2. The van der Waals surface area contributed by atoms with E-state index in [1.165, 1.54) is 0 Å². The van der Waals surface area contributed by atoms with Gasteiger partial charge in [-0.1, -0.05) is 155 Å². The van der Waals surface area contributed by atoms with E-state index >= 15 is 0 Å². The SMILES string of the molecule is CCCCOCc1ccc(COCCCC)c2c1-c1nc-2nc2[nH]c(nc3nc(nc4[nH]c(n1)c1c(COCCCC)ccc(COCCCC)c41)-c1c(COCCCC)ccc(COCCCC)c1-3)c1c(COCCCC)ccc(COCCCC)c21. The van der Waals surface area contributed by atoms with Crippen LogP contribution in [0.3, 0.4) is 0 Å². The molecule has 0 radical (unpaired) electrons. The Morgan fingerprint density at radius 2 is 0.409 bits per heavy atom. The van der Waals surface area contributed by atoms with Crippen LogP contribution in [-0.2, 0) is 90.7 Å². The highest BCUT2D eigenvalue weighted by atomic mass is 16.5. The maximum absolute atomic E-state index is 6.51. The van der Waals surface area contributed by atoms with Gasteiger partial charge < -0.3 is 47.9 Å². The maximum atomic E-state index is 6.51. The summed E-state index contributed by atoms with van der Waals surface area (Å²) in [4.78, 5) is 41.8. The lowest BCUT2D eigenvalue weighted by molar-refractivity contribution is 0.116. The Bertz CT molecular complexity index is 3090. The third-order valence-corrected chi connectivity index (χ3v) is 16.3. The highest BCUT2D eigenvalue weighted by molar-refractivity contribution is 6.10. The number of ether oxygens (including phenoxy) is 8. The van der Waals surface area contributed by atoms with E-state index in [0.717, 1.165) is 191 Å². The van der Waals surface area contributed by atoms with Gasteiger partial charge in [0.2, 0.25) is 0 Å². The van der Waals surface area contributed by atoms with Crippen LogP contribution in [0.5, 0.6) is 0 Å². The van der Waals surface area contributed by atoms with Crippen molar-refractivity contribution in [2.75, 3.05) is 52.9 Å². The smallest absolute Gasteiger partial charge is 0.165 e. The van der Waals surface area contributed by atoms with Crippen molar-refractivity contribution in [1.82, 2.24) is 39.9 Å². The molecule has 7 aromatic rings. The van der Waals surface area contributed by atoms with E-state index in [2.05, 4.69) is 114 Å². The molecule has 0 atom stereocenters. The van der Waals surface area contributed by atoms with Crippen molar-refractivity contribution in [3.63, 3.8) is 0 Å². The molecule has 0 fully saturated rings. The second-order valence-electron chi connectivity index (χ2n) is 23.4. The Balaban J connectivity index is 1.48. The first-order chi connectivity index (χ1) is 43.4. The Kier molecular flexibility index (Phi) is 26.2. The van der Waals surface area contributed by atoms with Crippen LogP contribution in [0.15, 0.2) is 48.5 Å². The summed E-state index contributed by atoms with van der Waals surface area (Å²) in [5, 5.41) is 3.50. The van der Waals surface area contributed by atoms with Crippen LogP contribution in [-0.4, -0.2) is 92.7 Å². The molecule has 0 saturated carbocycles. The summed E-state index contributed by atoms with van der Waals surface area (Å²) >= 11 is 0. The molecule has 9 rings (SSSR count). The molecule has 2 aliphatic rings. The quantitative estimate of drug-likeness (QED) is 0.0346. The van der Waals surface area contributed by atoms with Gasteiger partial charge in [-0.15, -0.1) is 0 Å². The van der Waals surface area contributed by atoms with Gasteiger partial charge in [0.15, 0.2) is 23.3 Å². The average Bonchev–Trinajstić information content (AvgIpc) is 1.83. The van der Waals surface area contributed by atoms with E-state index < -0.39 is 0 Å². The molecule has 3 aromatic heterocycles. The van der Waals surface area contributed by atoms with Crippen LogP contribution < -0.4 is 0 Å². The lowest BCUT2D eigenvalue weighted by Crippen LogP contribution is -2.02. The minimum absolute atomic E-state index is 0.353. The van der Waals surface area contributed by atoms with Crippen molar-refractivity contribution >= 4 is 44.1 Å². The predicted molar refractivity (Wildman–Crippen MR) is 353 cm³/mol. The number of rotatable bonds is 40. The van der Waals surface area contributed by atoms with Gasteiger partial charge in [0, 0.05) is 96.7 Å². The van der Waals surface area contributed by atoms with E-state index in [9.17, 15) is 0 Å². The van der Waals surface area contributed by atoms with Crippen LogP contribution >= 0.6 is 0 Å². The number of fused-ring (bicyclic) bond motifs is 20. The number of benzene rings is 4.